The first-order valence-corrected chi connectivity index (χ1v) is 4.51. The van der Waals surface area contributed by atoms with E-state index in [4.69, 9.17) is 10.5 Å². The highest BCUT2D eigenvalue weighted by Crippen LogP contribution is 2.11. The summed E-state index contributed by atoms with van der Waals surface area (Å²) >= 11 is 0. The molecular formula is C9H15N3O2. The molecule has 1 atom stereocenters. The van der Waals surface area contributed by atoms with Gasteiger partial charge in [-0.1, -0.05) is 0 Å². The third kappa shape index (κ3) is 2.93. The summed E-state index contributed by atoms with van der Waals surface area (Å²) in [6.07, 6.45) is 0.798. The number of hydrogen-bond donors (Lipinski definition) is 2. The van der Waals surface area contributed by atoms with Gasteiger partial charge in [0.15, 0.2) is 0 Å². The van der Waals surface area contributed by atoms with Gasteiger partial charge in [-0.05, 0) is 19.9 Å². The van der Waals surface area contributed by atoms with Crippen molar-refractivity contribution in [2.75, 3.05) is 6.54 Å². The quantitative estimate of drug-likeness (QED) is 0.723. The molecule has 0 aromatic carbocycles. The van der Waals surface area contributed by atoms with E-state index in [2.05, 4.69) is 9.97 Å². The van der Waals surface area contributed by atoms with Crippen LogP contribution in [0.1, 0.15) is 25.6 Å². The molecule has 0 aliphatic carbocycles. The molecule has 1 unspecified atom stereocenters. The second-order valence-corrected chi connectivity index (χ2v) is 3.18. The summed E-state index contributed by atoms with van der Waals surface area (Å²) in [5, 5.41) is 9.42. The second kappa shape index (κ2) is 4.88. The average Bonchev–Trinajstić information content (AvgIpc) is 2.16. The highest BCUT2D eigenvalue weighted by Gasteiger charge is 2.09. The van der Waals surface area contributed by atoms with Gasteiger partial charge in [0.25, 0.3) is 0 Å². The van der Waals surface area contributed by atoms with Gasteiger partial charge in [0, 0.05) is 12.7 Å². The van der Waals surface area contributed by atoms with Gasteiger partial charge in [-0.3, -0.25) is 0 Å². The van der Waals surface area contributed by atoms with Crippen LogP contribution in [-0.4, -0.2) is 27.7 Å². The van der Waals surface area contributed by atoms with Crippen molar-refractivity contribution in [1.29, 1.82) is 0 Å². The Morgan fingerprint density at radius 2 is 2.29 bits per heavy atom. The summed E-state index contributed by atoms with van der Waals surface area (Å²) in [7, 11) is 0. The Balaban J connectivity index is 2.78. The third-order valence-corrected chi connectivity index (χ3v) is 1.56. The maximum atomic E-state index is 9.42. The lowest BCUT2D eigenvalue weighted by Crippen LogP contribution is -2.15. The topological polar surface area (TPSA) is 81.3 Å². The summed E-state index contributed by atoms with van der Waals surface area (Å²) < 4.78 is 5.28. The first-order chi connectivity index (χ1) is 6.63. The fraction of sp³-hybridized carbons (Fsp3) is 0.556. The van der Waals surface area contributed by atoms with E-state index < -0.39 is 6.10 Å². The molecule has 5 nitrogen and oxygen atoms in total. The Labute approximate surface area is 82.9 Å². The van der Waals surface area contributed by atoms with Crippen LogP contribution in [0.15, 0.2) is 12.3 Å². The summed E-state index contributed by atoms with van der Waals surface area (Å²) in [6.45, 7) is 3.91. The molecule has 1 rings (SSSR count). The molecule has 0 fully saturated rings. The number of nitrogens with zero attached hydrogens (tertiary/aromatic N) is 2. The van der Waals surface area contributed by atoms with Crippen LogP contribution in [0, 0.1) is 0 Å². The fourth-order valence-electron chi connectivity index (χ4n) is 0.928. The minimum Gasteiger partial charge on any atom is -0.461 e. The van der Waals surface area contributed by atoms with E-state index in [0.29, 0.717) is 5.69 Å². The lowest BCUT2D eigenvalue weighted by atomic mass is 10.2. The Bertz CT molecular complexity index is 291. The molecule has 3 N–H and O–H groups in total. The summed E-state index contributed by atoms with van der Waals surface area (Å²) in [5.74, 6) is 0. The first-order valence-electron chi connectivity index (χ1n) is 4.51. The fourth-order valence-corrected chi connectivity index (χ4v) is 0.928. The summed E-state index contributed by atoms with van der Waals surface area (Å²) in [4.78, 5) is 7.93. The van der Waals surface area contributed by atoms with E-state index in [-0.39, 0.29) is 18.7 Å². The second-order valence-electron chi connectivity index (χ2n) is 3.18. The van der Waals surface area contributed by atoms with E-state index in [1.807, 2.05) is 13.8 Å². The molecule has 0 aliphatic rings. The van der Waals surface area contributed by atoms with Crippen LogP contribution in [0.25, 0.3) is 0 Å². The summed E-state index contributed by atoms with van der Waals surface area (Å²) in [6, 6.07) is 1.88. The third-order valence-electron chi connectivity index (χ3n) is 1.56. The Kier molecular flexibility index (Phi) is 3.79. The molecule has 0 bridgehead atoms. The van der Waals surface area contributed by atoms with Crippen LogP contribution < -0.4 is 10.5 Å². The van der Waals surface area contributed by atoms with Crippen molar-refractivity contribution >= 4 is 0 Å². The van der Waals surface area contributed by atoms with Crippen LogP contribution in [0.2, 0.25) is 0 Å². The summed E-state index contributed by atoms with van der Waals surface area (Å²) in [5.41, 5.74) is 5.79. The normalized spacial score (nSPS) is 12.9. The molecule has 14 heavy (non-hydrogen) atoms. The van der Waals surface area contributed by atoms with E-state index in [0.717, 1.165) is 0 Å². The number of aromatic nitrogens is 2. The number of nitrogens with two attached hydrogens (primary N) is 1. The van der Waals surface area contributed by atoms with E-state index in [1.165, 1.54) is 0 Å². The zero-order valence-electron chi connectivity index (χ0n) is 8.34. The van der Waals surface area contributed by atoms with Crippen molar-refractivity contribution < 1.29 is 9.84 Å². The molecule has 0 amide bonds. The van der Waals surface area contributed by atoms with E-state index in [1.54, 1.807) is 12.3 Å². The van der Waals surface area contributed by atoms with Crippen molar-refractivity contribution in [3.05, 3.63) is 18.0 Å². The average molecular weight is 197 g/mol. The smallest absolute Gasteiger partial charge is 0.316 e. The highest BCUT2D eigenvalue weighted by molar-refractivity contribution is 5.08. The zero-order valence-corrected chi connectivity index (χ0v) is 8.34. The lowest BCUT2D eigenvalue weighted by Gasteiger charge is -2.10. The standard InChI is InChI=1S/C9H15N3O2/c1-6(2)14-9-11-4-3-7(12-9)8(13)5-10/h3-4,6,8,13H,5,10H2,1-2H3. The largest absolute Gasteiger partial charge is 0.461 e. The predicted molar refractivity (Wildman–Crippen MR) is 51.8 cm³/mol. The molecular weight excluding hydrogens is 182 g/mol. The molecule has 0 aliphatic heterocycles. The van der Waals surface area contributed by atoms with Crippen molar-refractivity contribution in [1.82, 2.24) is 9.97 Å². The minimum absolute atomic E-state index is 0.0141. The minimum atomic E-state index is -0.757. The van der Waals surface area contributed by atoms with Gasteiger partial charge in [-0.25, -0.2) is 4.98 Å². The van der Waals surface area contributed by atoms with Gasteiger partial charge < -0.3 is 15.6 Å². The number of rotatable bonds is 4. The molecule has 1 heterocycles. The Morgan fingerprint density at radius 3 is 2.86 bits per heavy atom. The molecule has 0 saturated heterocycles. The molecule has 0 spiro atoms. The molecule has 0 saturated carbocycles. The van der Waals surface area contributed by atoms with Gasteiger partial charge in [-0.2, -0.15) is 4.98 Å². The molecule has 5 heteroatoms. The number of aliphatic hydroxyl groups is 1. The van der Waals surface area contributed by atoms with Crippen molar-refractivity contribution in [2.45, 2.75) is 26.1 Å². The maximum Gasteiger partial charge on any atom is 0.316 e. The van der Waals surface area contributed by atoms with Crippen LogP contribution in [-0.2, 0) is 0 Å². The van der Waals surface area contributed by atoms with E-state index in [9.17, 15) is 5.11 Å². The SMILES string of the molecule is CC(C)Oc1nccc(C(O)CN)n1. The van der Waals surface area contributed by atoms with Gasteiger partial charge >= 0.3 is 6.01 Å². The molecule has 1 aromatic rings. The van der Waals surface area contributed by atoms with Crippen LogP contribution >= 0.6 is 0 Å². The van der Waals surface area contributed by atoms with E-state index >= 15 is 0 Å². The highest BCUT2D eigenvalue weighted by atomic mass is 16.5. The predicted octanol–water partition coefficient (Wildman–Crippen LogP) is 0.256. The van der Waals surface area contributed by atoms with Crippen LogP contribution in [0.4, 0.5) is 0 Å². The molecule has 1 aromatic heterocycles. The van der Waals surface area contributed by atoms with Crippen molar-refractivity contribution in [3.63, 3.8) is 0 Å². The Morgan fingerprint density at radius 1 is 1.57 bits per heavy atom. The van der Waals surface area contributed by atoms with Crippen molar-refractivity contribution in [2.24, 2.45) is 5.73 Å². The zero-order chi connectivity index (χ0) is 10.6. The molecule has 0 radical (unpaired) electrons. The van der Waals surface area contributed by atoms with Gasteiger partial charge in [0.05, 0.1) is 11.8 Å². The van der Waals surface area contributed by atoms with Gasteiger partial charge in [0.2, 0.25) is 0 Å². The van der Waals surface area contributed by atoms with Crippen LogP contribution in [0.3, 0.4) is 0 Å². The number of ether oxygens (including phenoxy) is 1. The maximum absolute atomic E-state index is 9.42. The van der Waals surface area contributed by atoms with Crippen LogP contribution in [0.5, 0.6) is 6.01 Å². The van der Waals surface area contributed by atoms with Crippen molar-refractivity contribution in [3.8, 4) is 6.01 Å². The van der Waals surface area contributed by atoms with Gasteiger partial charge in [0.1, 0.15) is 6.10 Å². The number of hydrogen-bond acceptors (Lipinski definition) is 5. The Hall–Kier alpha value is -1.20. The monoisotopic (exact) mass is 197 g/mol. The first kappa shape index (κ1) is 10.9. The van der Waals surface area contributed by atoms with Gasteiger partial charge in [-0.15, -0.1) is 0 Å². The molecule has 78 valence electrons. The number of aliphatic hydroxyl groups excluding tert-OH is 1. The lowest BCUT2D eigenvalue weighted by molar-refractivity contribution is 0.175.